The van der Waals surface area contributed by atoms with E-state index in [4.69, 9.17) is 0 Å². The van der Waals surface area contributed by atoms with Gasteiger partial charge in [0.15, 0.2) is 0 Å². The average molecular weight is 430 g/mol. The third-order valence-corrected chi connectivity index (χ3v) is 6.64. The number of hydrogen-bond acceptors (Lipinski definition) is 5. The lowest BCUT2D eigenvalue weighted by molar-refractivity contribution is 0.148. The molecule has 6 nitrogen and oxygen atoms in total. The summed E-state index contributed by atoms with van der Waals surface area (Å²) < 4.78 is 42.2. The molecule has 0 spiro atoms. The summed E-state index contributed by atoms with van der Waals surface area (Å²) in [7, 11) is -3.95. The molecule has 0 aliphatic heterocycles. The molecule has 1 unspecified atom stereocenters. The topological polar surface area (TPSA) is 83.4 Å². The number of aryl methyl sites for hydroxylation is 1. The van der Waals surface area contributed by atoms with Gasteiger partial charge in [-0.1, -0.05) is 18.2 Å². The van der Waals surface area contributed by atoms with E-state index in [1.165, 1.54) is 24.4 Å². The maximum atomic E-state index is 14.3. The second kappa shape index (κ2) is 8.22. The summed E-state index contributed by atoms with van der Waals surface area (Å²) >= 11 is 0. The zero-order chi connectivity index (χ0) is 21.3. The Kier molecular flexibility index (Phi) is 5.64. The summed E-state index contributed by atoms with van der Waals surface area (Å²) in [5, 5.41) is 16.1. The van der Waals surface area contributed by atoms with Gasteiger partial charge < -0.3 is 10.4 Å². The lowest BCUT2D eigenvalue weighted by atomic mass is 10.1. The predicted molar refractivity (Wildman–Crippen MR) is 114 cm³/mol. The van der Waals surface area contributed by atoms with Gasteiger partial charge in [0, 0.05) is 23.5 Å². The summed E-state index contributed by atoms with van der Waals surface area (Å²) in [6.45, 7) is 2.02. The van der Waals surface area contributed by atoms with E-state index in [0.717, 1.165) is 16.8 Å². The van der Waals surface area contributed by atoms with Gasteiger partial charge in [0.05, 0.1) is 17.1 Å². The van der Waals surface area contributed by atoms with Gasteiger partial charge in [-0.2, -0.15) is 0 Å². The molecule has 3 N–H and O–H groups in total. The van der Waals surface area contributed by atoms with Gasteiger partial charge in [-0.15, -0.1) is 0 Å². The fraction of sp³-hybridized carbons (Fsp3) is 0.273. The first-order valence-electron chi connectivity index (χ1n) is 9.82. The van der Waals surface area contributed by atoms with Crippen molar-refractivity contribution in [3.63, 3.8) is 0 Å². The van der Waals surface area contributed by atoms with Crippen LogP contribution >= 0.6 is 0 Å². The van der Waals surface area contributed by atoms with Crippen LogP contribution in [0.15, 0.2) is 65.7 Å². The second-order valence-corrected chi connectivity index (χ2v) is 9.36. The van der Waals surface area contributed by atoms with E-state index in [1.54, 1.807) is 43.3 Å². The monoisotopic (exact) mass is 429 g/mol. The van der Waals surface area contributed by atoms with Crippen molar-refractivity contribution in [1.29, 1.82) is 0 Å². The van der Waals surface area contributed by atoms with Crippen LogP contribution in [0.25, 0.3) is 11.3 Å². The molecular weight excluding hydrogens is 405 g/mol. The molecule has 1 saturated carbocycles. The highest BCUT2D eigenvalue weighted by Crippen LogP contribution is 2.29. The minimum Gasteiger partial charge on any atom is -0.381 e. The maximum absolute atomic E-state index is 14.3. The quantitative estimate of drug-likeness (QED) is 0.479. The van der Waals surface area contributed by atoms with E-state index in [0.29, 0.717) is 17.3 Å². The normalized spacial score (nSPS) is 15.2. The number of aliphatic hydroxyl groups excluding tert-OH is 1. The predicted octanol–water partition coefficient (Wildman–Crippen LogP) is 3.32. The molecule has 8 heteroatoms. The Balaban J connectivity index is 1.62. The van der Waals surface area contributed by atoms with E-state index in [-0.39, 0.29) is 22.7 Å². The van der Waals surface area contributed by atoms with E-state index in [9.17, 15) is 17.9 Å². The van der Waals surface area contributed by atoms with Crippen molar-refractivity contribution in [3.8, 4) is 11.3 Å². The van der Waals surface area contributed by atoms with E-state index in [2.05, 4.69) is 10.6 Å². The largest absolute Gasteiger partial charge is 0.381 e. The van der Waals surface area contributed by atoms with Gasteiger partial charge in [-0.3, -0.25) is 5.32 Å². The first kappa shape index (κ1) is 20.6. The molecule has 0 amide bonds. The maximum Gasteiger partial charge on any atom is 0.268 e. The Hall–Kier alpha value is -2.68. The molecule has 1 atom stereocenters. The number of nitrogens with one attached hydrogen (secondary N) is 2. The van der Waals surface area contributed by atoms with Crippen LogP contribution in [0.4, 0.5) is 10.1 Å². The van der Waals surface area contributed by atoms with Crippen molar-refractivity contribution in [2.24, 2.45) is 0 Å². The highest BCUT2D eigenvalue weighted by molar-refractivity contribution is 7.90. The summed E-state index contributed by atoms with van der Waals surface area (Å²) in [6.07, 6.45) is 2.90. The van der Waals surface area contributed by atoms with Crippen LogP contribution in [0.2, 0.25) is 0 Å². The third-order valence-electron chi connectivity index (χ3n) is 4.97. The number of aromatic nitrogens is 1. The number of nitrogens with zero attached hydrogens (tertiary/aromatic N) is 1. The first-order valence-corrected chi connectivity index (χ1v) is 11.3. The molecule has 1 aromatic heterocycles. The molecule has 30 heavy (non-hydrogen) atoms. The molecule has 1 fully saturated rings. The number of benzene rings is 2. The number of hydrogen-bond donors (Lipinski definition) is 3. The van der Waals surface area contributed by atoms with Crippen molar-refractivity contribution in [2.75, 3.05) is 11.9 Å². The van der Waals surface area contributed by atoms with Crippen LogP contribution < -0.4 is 10.6 Å². The molecule has 0 saturated heterocycles. The highest BCUT2D eigenvalue weighted by atomic mass is 32.2. The molecule has 0 bridgehead atoms. The van der Waals surface area contributed by atoms with E-state index < -0.39 is 22.1 Å². The van der Waals surface area contributed by atoms with E-state index in [1.807, 2.05) is 0 Å². The standard InChI is InChI=1S/C22H24FN3O3S/c1-15-11-21(19-7-2-3-8-20(19)23)26(14-15)30(28,29)18-6-4-5-17(12-18)24-13-22(27)25-16-9-10-16/h2-8,11-12,14,16,22,24-25,27H,9-10,13H2,1H3. The van der Waals surface area contributed by atoms with Crippen molar-refractivity contribution >= 4 is 15.7 Å². The van der Waals surface area contributed by atoms with Crippen molar-refractivity contribution in [3.05, 3.63) is 72.2 Å². The molecule has 3 aromatic rings. The lowest BCUT2D eigenvalue weighted by Crippen LogP contribution is -2.36. The van der Waals surface area contributed by atoms with Crippen LogP contribution in [0, 0.1) is 12.7 Å². The number of anilines is 1. The molecule has 158 valence electrons. The van der Waals surface area contributed by atoms with Crippen LogP contribution in [0.3, 0.4) is 0 Å². The minimum absolute atomic E-state index is 0.0744. The first-order chi connectivity index (χ1) is 14.3. The Morgan fingerprint density at radius 1 is 1.17 bits per heavy atom. The second-order valence-electron chi connectivity index (χ2n) is 7.55. The zero-order valence-corrected chi connectivity index (χ0v) is 17.4. The molecule has 4 rings (SSSR count). The minimum atomic E-state index is -3.95. The number of aliphatic hydroxyl groups is 1. The number of rotatable bonds is 8. The van der Waals surface area contributed by atoms with Crippen LogP contribution in [0.5, 0.6) is 0 Å². The van der Waals surface area contributed by atoms with Crippen LogP contribution in [0.1, 0.15) is 18.4 Å². The van der Waals surface area contributed by atoms with Crippen LogP contribution in [-0.2, 0) is 10.0 Å². The van der Waals surface area contributed by atoms with Gasteiger partial charge in [0.25, 0.3) is 10.0 Å². The summed E-state index contributed by atoms with van der Waals surface area (Å²) in [5.41, 5.74) is 1.77. The van der Waals surface area contributed by atoms with Gasteiger partial charge in [0.2, 0.25) is 0 Å². The van der Waals surface area contributed by atoms with Gasteiger partial charge in [-0.05, 0) is 61.7 Å². The smallest absolute Gasteiger partial charge is 0.268 e. The Morgan fingerprint density at radius 3 is 2.67 bits per heavy atom. The molecular formula is C22H24FN3O3S. The Morgan fingerprint density at radius 2 is 1.93 bits per heavy atom. The van der Waals surface area contributed by atoms with Gasteiger partial charge in [-0.25, -0.2) is 16.8 Å². The summed E-state index contributed by atoms with van der Waals surface area (Å²) in [5.74, 6) is -0.486. The molecule has 2 aromatic carbocycles. The van der Waals surface area contributed by atoms with Gasteiger partial charge >= 0.3 is 0 Å². The van der Waals surface area contributed by atoms with Crippen molar-refractivity contribution < 1.29 is 17.9 Å². The Bertz CT molecular complexity index is 1160. The van der Waals surface area contributed by atoms with E-state index >= 15 is 0 Å². The zero-order valence-electron chi connectivity index (χ0n) is 16.5. The molecule has 1 heterocycles. The summed E-state index contributed by atoms with van der Waals surface area (Å²) in [4.78, 5) is 0.0744. The molecule has 1 aliphatic rings. The Labute approximate surface area is 175 Å². The van der Waals surface area contributed by atoms with Crippen LogP contribution in [-0.4, -0.2) is 36.3 Å². The average Bonchev–Trinajstić information content (AvgIpc) is 3.45. The van der Waals surface area contributed by atoms with Crippen molar-refractivity contribution in [1.82, 2.24) is 9.29 Å². The summed E-state index contributed by atoms with van der Waals surface area (Å²) in [6, 6.07) is 14.5. The third kappa shape index (κ3) is 4.40. The fourth-order valence-electron chi connectivity index (χ4n) is 3.31. The lowest BCUT2D eigenvalue weighted by Gasteiger charge is -2.15. The molecule has 0 radical (unpaired) electrons. The van der Waals surface area contributed by atoms with Gasteiger partial charge in [0.1, 0.15) is 12.0 Å². The number of halogens is 1. The highest BCUT2D eigenvalue weighted by Gasteiger charge is 2.24. The van der Waals surface area contributed by atoms with Crippen molar-refractivity contribution in [2.45, 2.75) is 36.9 Å². The fourth-order valence-corrected chi connectivity index (χ4v) is 4.78. The molecule has 1 aliphatic carbocycles. The SMILES string of the molecule is Cc1cc(-c2ccccc2F)n(S(=O)(=O)c2cccc(NCC(O)NC3CC3)c2)c1.